The molecule has 0 fully saturated rings. The smallest absolute Gasteiger partial charge is 0.180 e. The fourth-order valence-corrected chi connectivity index (χ4v) is 2.45. The van der Waals surface area contributed by atoms with Crippen molar-refractivity contribution in [2.24, 2.45) is 0 Å². The van der Waals surface area contributed by atoms with Gasteiger partial charge in [-0.1, -0.05) is 39.2 Å². The molecule has 1 aromatic carbocycles. The molecular weight excluding hydrogens is 316 g/mol. The molecule has 3 rings (SSSR count). The molecule has 2 aromatic heterocycles. The zero-order valence-electron chi connectivity index (χ0n) is 9.43. The first-order valence-corrected chi connectivity index (χ1v) is 6.45. The summed E-state index contributed by atoms with van der Waals surface area (Å²) in [5.74, 6) is 0.702. The summed E-state index contributed by atoms with van der Waals surface area (Å²) in [7, 11) is 0. The van der Waals surface area contributed by atoms with Crippen LogP contribution in [-0.2, 0) is 0 Å². The number of fused-ring (bicyclic) bond motifs is 1. The van der Waals surface area contributed by atoms with Gasteiger partial charge < -0.3 is 0 Å². The predicted molar refractivity (Wildman–Crippen MR) is 73.7 cm³/mol. The first kappa shape index (κ1) is 11.6. The third-order valence-electron chi connectivity index (χ3n) is 2.64. The molecule has 90 valence electrons. The molecule has 0 aliphatic carbocycles. The summed E-state index contributed by atoms with van der Waals surface area (Å²) in [6.07, 6.45) is 3.21. The van der Waals surface area contributed by atoms with E-state index in [-0.39, 0.29) is 0 Å². The van der Waals surface area contributed by atoms with Gasteiger partial charge in [-0.05, 0) is 19.1 Å². The van der Waals surface area contributed by atoms with E-state index in [4.69, 9.17) is 11.6 Å². The molecule has 3 aromatic rings. The van der Waals surface area contributed by atoms with Crippen molar-refractivity contribution in [1.29, 1.82) is 0 Å². The Balaban J connectivity index is 2.35. The molecule has 0 bridgehead atoms. The topological polar surface area (TPSA) is 43.1 Å². The number of hydrogen-bond donors (Lipinski definition) is 0. The summed E-state index contributed by atoms with van der Waals surface area (Å²) < 4.78 is 2.73. The van der Waals surface area contributed by atoms with E-state index in [0.29, 0.717) is 16.6 Å². The summed E-state index contributed by atoms with van der Waals surface area (Å²) in [6.45, 7) is 2.03. The standard InChI is InChI=1S/C12H8BrClN4/c1-7-2-3-9(13)8(4-7)12-17-16-11-6-15-5-10(14)18(11)12/h2-6H,1H3. The quantitative estimate of drug-likeness (QED) is 0.688. The SMILES string of the molecule is Cc1ccc(Br)c(-c2nnc3cncc(Cl)n23)c1. The Hall–Kier alpha value is -1.46. The van der Waals surface area contributed by atoms with Crippen LogP contribution in [0.3, 0.4) is 0 Å². The molecule has 0 saturated carbocycles. The van der Waals surface area contributed by atoms with Crippen LogP contribution in [0.4, 0.5) is 0 Å². The monoisotopic (exact) mass is 322 g/mol. The van der Waals surface area contributed by atoms with Crippen LogP contribution in [0.2, 0.25) is 5.15 Å². The Bertz CT molecular complexity index is 738. The van der Waals surface area contributed by atoms with Crippen LogP contribution >= 0.6 is 27.5 Å². The van der Waals surface area contributed by atoms with Crippen molar-refractivity contribution in [3.63, 3.8) is 0 Å². The van der Waals surface area contributed by atoms with Crippen LogP contribution in [0.25, 0.3) is 17.0 Å². The molecule has 0 saturated heterocycles. The van der Waals surface area contributed by atoms with Crippen molar-refractivity contribution in [3.8, 4) is 11.4 Å². The molecule has 0 unspecified atom stereocenters. The van der Waals surface area contributed by atoms with Gasteiger partial charge in [0, 0.05) is 10.0 Å². The molecular formula is C12H8BrClN4. The molecule has 0 amide bonds. The van der Waals surface area contributed by atoms with Crippen LogP contribution < -0.4 is 0 Å². The molecule has 2 heterocycles. The van der Waals surface area contributed by atoms with Crippen LogP contribution in [0.15, 0.2) is 35.1 Å². The Labute approximate surface area is 117 Å². The lowest BCUT2D eigenvalue weighted by atomic mass is 10.1. The second kappa shape index (κ2) is 4.33. The largest absolute Gasteiger partial charge is 0.262 e. The van der Waals surface area contributed by atoms with Crippen molar-refractivity contribution in [2.75, 3.05) is 0 Å². The lowest BCUT2D eigenvalue weighted by molar-refractivity contribution is 1.11. The zero-order chi connectivity index (χ0) is 12.7. The van der Waals surface area contributed by atoms with E-state index in [2.05, 4.69) is 31.1 Å². The van der Waals surface area contributed by atoms with E-state index in [0.717, 1.165) is 15.6 Å². The summed E-state index contributed by atoms with van der Waals surface area (Å²) in [6, 6.07) is 6.05. The van der Waals surface area contributed by atoms with E-state index in [1.807, 2.05) is 25.1 Å². The summed E-state index contributed by atoms with van der Waals surface area (Å²) in [4.78, 5) is 3.99. The van der Waals surface area contributed by atoms with Gasteiger partial charge in [-0.2, -0.15) is 0 Å². The number of benzene rings is 1. The average molecular weight is 324 g/mol. The molecule has 0 aliphatic heterocycles. The van der Waals surface area contributed by atoms with Crippen molar-refractivity contribution >= 4 is 33.2 Å². The summed E-state index contributed by atoms with van der Waals surface area (Å²) >= 11 is 9.67. The predicted octanol–water partition coefficient (Wildman–Crippen LogP) is 3.52. The molecule has 0 atom stereocenters. The third-order valence-corrected chi connectivity index (χ3v) is 3.59. The molecule has 0 aliphatic rings. The second-order valence-corrected chi connectivity index (χ2v) is 5.17. The summed E-state index contributed by atoms with van der Waals surface area (Å²) in [5.41, 5.74) is 2.73. The van der Waals surface area contributed by atoms with E-state index in [9.17, 15) is 0 Å². The lowest BCUT2D eigenvalue weighted by Crippen LogP contribution is -1.93. The maximum absolute atomic E-state index is 6.15. The van der Waals surface area contributed by atoms with Crippen molar-refractivity contribution in [2.45, 2.75) is 6.92 Å². The van der Waals surface area contributed by atoms with Crippen LogP contribution in [0.1, 0.15) is 5.56 Å². The molecule has 18 heavy (non-hydrogen) atoms. The highest BCUT2D eigenvalue weighted by atomic mass is 79.9. The lowest BCUT2D eigenvalue weighted by Gasteiger charge is -2.05. The van der Waals surface area contributed by atoms with E-state index < -0.39 is 0 Å². The first-order chi connectivity index (χ1) is 8.66. The second-order valence-electron chi connectivity index (χ2n) is 3.93. The van der Waals surface area contributed by atoms with E-state index >= 15 is 0 Å². The van der Waals surface area contributed by atoms with Crippen LogP contribution in [0, 0.1) is 6.92 Å². The third kappa shape index (κ3) is 1.79. The number of rotatable bonds is 1. The fourth-order valence-electron chi connectivity index (χ4n) is 1.80. The Kier molecular flexibility index (Phi) is 2.80. The van der Waals surface area contributed by atoms with Gasteiger partial charge in [0.25, 0.3) is 0 Å². The summed E-state index contributed by atoms with van der Waals surface area (Å²) in [5, 5.41) is 8.75. The van der Waals surface area contributed by atoms with Crippen LogP contribution in [-0.4, -0.2) is 19.6 Å². The highest BCUT2D eigenvalue weighted by molar-refractivity contribution is 9.10. The van der Waals surface area contributed by atoms with Gasteiger partial charge in [-0.15, -0.1) is 10.2 Å². The Morgan fingerprint density at radius 3 is 2.89 bits per heavy atom. The average Bonchev–Trinajstić information content (AvgIpc) is 2.77. The minimum atomic E-state index is 0.487. The molecule has 6 heteroatoms. The van der Waals surface area contributed by atoms with Gasteiger partial charge in [0.2, 0.25) is 0 Å². The molecule has 4 nitrogen and oxygen atoms in total. The van der Waals surface area contributed by atoms with Gasteiger partial charge in [-0.3, -0.25) is 9.38 Å². The van der Waals surface area contributed by atoms with Gasteiger partial charge in [0.1, 0.15) is 5.15 Å². The number of halogens is 2. The normalized spacial score (nSPS) is 11.1. The highest BCUT2D eigenvalue weighted by Crippen LogP contribution is 2.29. The Morgan fingerprint density at radius 2 is 2.06 bits per heavy atom. The number of nitrogens with zero attached hydrogens (tertiary/aromatic N) is 4. The van der Waals surface area contributed by atoms with Crippen molar-refractivity contribution in [3.05, 3.63) is 45.8 Å². The zero-order valence-corrected chi connectivity index (χ0v) is 11.8. The van der Waals surface area contributed by atoms with Crippen molar-refractivity contribution < 1.29 is 0 Å². The molecule has 0 radical (unpaired) electrons. The first-order valence-electron chi connectivity index (χ1n) is 5.28. The van der Waals surface area contributed by atoms with E-state index in [1.165, 1.54) is 0 Å². The number of hydrogen-bond acceptors (Lipinski definition) is 3. The molecule has 0 N–H and O–H groups in total. The minimum absolute atomic E-state index is 0.487. The maximum atomic E-state index is 6.15. The number of aryl methyl sites for hydroxylation is 1. The van der Waals surface area contributed by atoms with Crippen LogP contribution in [0.5, 0.6) is 0 Å². The van der Waals surface area contributed by atoms with Gasteiger partial charge >= 0.3 is 0 Å². The maximum Gasteiger partial charge on any atom is 0.180 e. The molecule has 0 spiro atoms. The van der Waals surface area contributed by atoms with E-state index in [1.54, 1.807) is 16.8 Å². The Morgan fingerprint density at radius 1 is 1.22 bits per heavy atom. The van der Waals surface area contributed by atoms with Gasteiger partial charge in [0.15, 0.2) is 11.5 Å². The number of aromatic nitrogens is 4. The highest BCUT2D eigenvalue weighted by Gasteiger charge is 2.13. The van der Waals surface area contributed by atoms with Crippen molar-refractivity contribution in [1.82, 2.24) is 19.6 Å². The fraction of sp³-hybridized carbons (Fsp3) is 0.0833. The minimum Gasteiger partial charge on any atom is -0.262 e. The van der Waals surface area contributed by atoms with Gasteiger partial charge in [0.05, 0.1) is 12.4 Å². The van der Waals surface area contributed by atoms with Gasteiger partial charge in [-0.25, -0.2) is 0 Å².